The molecule has 0 fully saturated rings. The fourth-order valence-corrected chi connectivity index (χ4v) is 4.37. The molecule has 0 aliphatic carbocycles. The Morgan fingerprint density at radius 1 is 0.906 bits per heavy atom. The average Bonchev–Trinajstić information content (AvgIpc) is 3.33. The molecule has 4 aromatic rings. The largest absolute Gasteiger partial charge is 0.503 e. The van der Waals surface area contributed by atoms with Gasteiger partial charge in [0.1, 0.15) is 5.58 Å². The van der Waals surface area contributed by atoms with Crippen LogP contribution < -0.4 is 4.90 Å². The fourth-order valence-electron chi connectivity index (χ4n) is 4.37. The third-order valence-electron chi connectivity index (χ3n) is 5.70. The van der Waals surface area contributed by atoms with Gasteiger partial charge in [-0.15, -0.1) is 0 Å². The van der Waals surface area contributed by atoms with Crippen LogP contribution in [0.2, 0.25) is 0 Å². The van der Waals surface area contributed by atoms with E-state index in [1.807, 2.05) is 80.6 Å². The Labute approximate surface area is 185 Å². The molecule has 1 atom stereocenters. The zero-order valence-electron chi connectivity index (χ0n) is 17.7. The summed E-state index contributed by atoms with van der Waals surface area (Å²) in [4.78, 5) is 28.3. The van der Waals surface area contributed by atoms with Crippen LogP contribution >= 0.6 is 0 Å². The lowest BCUT2D eigenvalue weighted by Gasteiger charge is -2.27. The van der Waals surface area contributed by atoms with E-state index < -0.39 is 23.5 Å². The lowest BCUT2D eigenvalue weighted by molar-refractivity contribution is -0.117. The minimum atomic E-state index is -0.773. The highest BCUT2D eigenvalue weighted by Crippen LogP contribution is 2.42. The van der Waals surface area contributed by atoms with Crippen molar-refractivity contribution in [3.05, 3.63) is 113 Å². The summed E-state index contributed by atoms with van der Waals surface area (Å²) in [5.74, 6) is -1.58. The van der Waals surface area contributed by atoms with Crippen LogP contribution in [-0.2, 0) is 4.79 Å². The van der Waals surface area contributed by atoms with Gasteiger partial charge in [-0.1, -0.05) is 54.6 Å². The van der Waals surface area contributed by atoms with Gasteiger partial charge in [-0.25, -0.2) is 0 Å². The van der Waals surface area contributed by atoms with Gasteiger partial charge in [-0.2, -0.15) is 0 Å². The predicted octanol–water partition coefficient (Wildman–Crippen LogP) is 5.83. The molecule has 1 aliphatic heterocycles. The van der Waals surface area contributed by atoms with Crippen LogP contribution in [-0.4, -0.2) is 16.8 Å². The molecule has 0 saturated heterocycles. The van der Waals surface area contributed by atoms with E-state index in [0.29, 0.717) is 11.3 Å². The van der Waals surface area contributed by atoms with Crippen molar-refractivity contribution in [2.75, 3.05) is 4.90 Å². The highest BCUT2D eigenvalue weighted by atomic mass is 16.3. The summed E-state index contributed by atoms with van der Waals surface area (Å²) in [5, 5.41) is 11.7. The van der Waals surface area contributed by atoms with Crippen LogP contribution in [0.5, 0.6) is 0 Å². The highest BCUT2D eigenvalue weighted by molar-refractivity contribution is 6.20. The van der Waals surface area contributed by atoms with Crippen molar-refractivity contribution in [1.82, 2.24) is 0 Å². The first-order valence-electron chi connectivity index (χ1n) is 10.4. The SMILES string of the molecule is Cc1cc(C)cc(N2C(=O)C(O)=C(C(=O)c3cc4ccccc4o3)C2c2ccccc2)c1. The number of aryl methyl sites for hydroxylation is 2. The third-order valence-corrected chi connectivity index (χ3v) is 5.70. The molecule has 1 amide bonds. The quantitative estimate of drug-likeness (QED) is 0.419. The molecule has 32 heavy (non-hydrogen) atoms. The van der Waals surface area contributed by atoms with Gasteiger partial charge in [0.2, 0.25) is 5.78 Å². The van der Waals surface area contributed by atoms with Crippen molar-refractivity contribution >= 4 is 28.3 Å². The maximum Gasteiger partial charge on any atom is 0.294 e. The number of para-hydroxylation sites is 1. The summed E-state index contributed by atoms with van der Waals surface area (Å²) in [6.45, 7) is 3.89. The molecule has 158 valence electrons. The Bertz CT molecular complexity index is 1340. The van der Waals surface area contributed by atoms with Crippen molar-refractivity contribution in [3.8, 4) is 0 Å². The third kappa shape index (κ3) is 3.19. The fraction of sp³-hybridized carbons (Fsp3) is 0.111. The van der Waals surface area contributed by atoms with Gasteiger partial charge < -0.3 is 9.52 Å². The Hall–Kier alpha value is -4.12. The topological polar surface area (TPSA) is 70.8 Å². The number of Topliss-reactive ketones (excluding diaryl/α,β-unsaturated/α-hetero) is 1. The number of hydrogen-bond donors (Lipinski definition) is 1. The average molecular weight is 423 g/mol. The number of furan rings is 1. The van der Waals surface area contributed by atoms with Gasteiger partial charge >= 0.3 is 0 Å². The smallest absolute Gasteiger partial charge is 0.294 e. The first-order chi connectivity index (χ1) is 15.4. The molecule has 5 heteroatoms. The van der Waals surface area contributed by atoms with E-state index in [4.69, 9.17) is 4.42 Å². The summed E-state index contributed by atoms with van der Waals surface area (Å²) in [6, 6.07) is 23.2. The molecule has 1 aliphatic rings. The Morgan fingerprint density at radius 2 is 1.56 bits per heavy atom. The van der Waals surface area contributed by atoms with Gasteiger partial charge in [-0.3, -0.25) is 14.5 Å². The second-order valence-electron chi connectivity index (χ2n) is 8.07. The van der Waals surface area contributed by atoms with Gasteiger partial charge in [0.05, 0.1) is 11.6 Å². The summed E-state index contributed by atoms with van der Waals surface area (Å²) in [6.07, 6.45) is 0. The molecule has 1 aromatic heterocycles. The molecular weight excluding hydrogens is 402 g/mol. The van der Waals surface area contributed by atoms with Crippen molar-refractivity contribution in [3.63, 3.8) is 0 Å². The number of hydrogen-bond acceptors (Lipinski definition) is 4. The molecule has 3 aromatic carbocycles. The Balaban J connectivity index is 1.67. The number of nitrogens with zero attached hydrogens (tertiary/aromatic N) is 1. The molecule has 5 nitrogen and oxygen atoms in total. The number of fused-ring (bicyclic) bond motifs is 1. The van der Waals surface area contributed by atoms with E-state index in [2.05, 4.69) is 0 Å². The minimum absolute atomic E-state index is 0.0133. The van der Waals surface area contributed by atoms with Crippen LogP contribution in [0, 0.1) is 13.8 Å². The molecular formula is C27H21NO4. The second kappa shape index (κ2) is 7.54. The molecule has 0 radical (unpaired) electrons. The molecule has 2 heterocycles. The van der Waals surface area contributed by atoms with Crippen molar-refractivity contribution in [2.45, 2.75) is 19.9 Å². The number of ketones is 1. The minimum Gasteiger partial charge on any atom is -0.503 e. The number of aliphatic hydroxyl groups is 1. The summed E-state index contributed by atoms with van der Waals surface area (Å²) in [5.41, 5.74) is 3.90. The maximum atomic E-state index is 13.6. The van der Waals surface area contributed by atoms with E-state index in [-0.39, 0.29) is 11.3 Å². The molecule has 1 N–H and O–H groups in total. The predicted molar refractivity (Wildman–Crippen MR) is 123 cm³/mol. The molecule has 5 rings (SSSR count). The van der Waals surface area contributed by atoms with Crippen LogP contribution in [0.1, 0.15) is 33.3 Å². The van der Waals surface area contributed by atoms with Gasteiger partial charge in [0, 0.05) is 11.1 Å². The zero-order chi connectivity index (χ0) is 22.4. The van der Waals surface area contributed by atoms with E-state index in [9.17, 15) is 14.7 Å². The van der Waals surface area contributed by atoms with E-state index >= 15 is 0 Å². The van der Waals surface area contributed by atoms with Crippen LogP contribution in [0.25, 0.3) is 11.0 Å². The second-order valence-corrected chi connectivity index (χ2v) is 8.07. The van der Waals surface area contributed by atoms with E-state index in [0.717, 1.165) is 22.1 Å². The number of carbonyl (C=O) groups is 2. The lowest BCUT2D eigenvalue weighted by Crippen LogP contribution is -2.31. The van der Waals surface area contributed by atoms with Gasteiger partial charge in [0.15, 0.2) is 11.5 Å². The lowest BCUT2D eigenvalue weighted by atomic mass is 9.94. The number of anilines is 1. The first kappa shape index (κ1) is 19.8. The summed E-state index contributed by atoms with van der Waals surface area (Å²) < 4.78 is 5.76. The number of amides is 1. The Kier molecular flexibility index (Phi) is 4.67. The van der Waals surface area contributed by atoms with Crippen molar-refractivity contribution in [1.29, 1.82) is 0 Å². The standard InChI is InChI=1S/C27H21NO4/c1-16-12-17(2)14-20(13-16)28-24(18-8-4-3-5-9-18)23(26(30)27(28)31)25(29)22-15-19-10-6-7-11-21(19)32-22/h3-15,24,30H,1-2H3. The van der Waals surface area contributed by atoms with Crippen molar-refractivity contribution in [2.24, 2.45) is 0 Å². The molecule has 0 spiro atoms. The number of aliphatic hydroxyl groups excluding tert-OH is 1. The van der Waals surface area contributed by atoms with Crippen LogP contribution in [0.3, 0.4) is 0 Å². The number of benzene rings is 3. The molecule has 0 bridgehead atoms. The normalized spacial score (nSPS) is 16.2. The van der Waals surface area contributed by atoms with E-state index in [1.54, 1.807) is 12.1 Å². The van der Waals surface area contributed by atoms with E-state index in [1.165, 1.54) is 4.90 Å². The van der Waals surface area contributed by atoms with Crippen molar-refractivity contribution < 1.29 is 19.1 Å². The van der Waals surface area contributed by atoms with Crippen LogP contribution in [0.15, 0.2) is 94.6 Å². The summed E-state index contributed by atoms with van der Waals surface area (Å²) >= 11 is 0. The molecule has 0 saturated carbocycles. The highest BCUT2D eigenvalue weighted by Gasteiger charge is 2.45. The Morgan fingerprint density at radius 3 is 2.25 bits per heavy atom. The zero-order valence-corrected chi connectivity index (χ0v) is 17.7. The summed E-state index contributed by atoms with van der Waals surface area (Å²) in [7, 11) is 0. The van der Waals surface area contributed by atoms with Crippen LogP contribution in [0.4, 0.5) is 5.69 Å². The molecule has 1 unspecified atom stereocenters. The van der Waals surface area contributed by atoms with Gasteiger partial charge in [0.25, 0.3) is 5.91 Å². The van der Waals surface area contributed by atoms with Gasteiger partial charge in [-0.05, 0) is 54.8 Å². The maximum absolute atomic E-state index is 13.6. The monoisotopic (exact) mass is 423 g/mol. The number of rotatable bonds is 4. The first-order valence-corrected chi connectivity index (χ1v) is 10.4. The number of carbonyl (C=O) groups excluding carboxylic acids is 2.